The molecule has 6 nitrogen and oxygen atoms in total. The number of aliphatic hydroxyl groups excluding tert-OH is 1. The second-order valence-electron chi connectivity index (χ2n) is 5.62. The van der Waals surface area contributed by atoms with Gasteiger partial charge in [0.2, 0.25) is 0 Å². The molecule has 1 saturated heterocycles. The molecule has 1 rings (SSSR count). The predicted molar refractivity (Wildman–Crippen MR) is 75.4 cm³/mol. The molecule has 3 N–H and O–H groups in total. The molecule has 1 heterocycles. The van der Waals surface area contributed by atoms with Crippen molar-refractivity contribution in [2.75, 3.05) is 19.7 Å². The molecule has 1 aliphatic heterocycles. The van der Waals surface area contributed by atoms with Crippen molar-refractivity contribution in [1.82, 2.24) is 10.2 Å². The minimum absolute atomic E-state index is 0.102. The third-order valence-electron chi connectivity index (χ3n) is 4.10. The summed E-state index contributed by atoms with van der Waals surface area (Å²) in [5, 5.41) is 20.8. The third-order valence-corrected chi connectivity index (χ3v) is 4.10. The summed E-state index contributed by atoms with van der Waals surface area (Å²) >= 11 is 0. The molecular weight excluding hydrogens is 260 g/mol. The number of aliphatic carboxylic acids is 1. The average molecular weight is 286 g/mol. The topological polar surface area (TPSA) is 89.9 Å². The van der Waals surface area contributed by atoms with Gasteiger partial charge in [-0.25, -0.2) is 9.59 Å². The lowest BCUT2D eigenvalue weighted by Crippen LogP contribution is -2.52. The maximum Gasteiger partial charge on any atom is 0.326 e. The Bertz CT molecular complexity index is 333. The molecule has 0 spiro atoms. The fraction of sp³-hybridized carbons (Fsp3) is 0.857. The summed E-state index contributed by atoms with van der Waals surface area (Å²) in [5.41, 5.74) is 0. The van der Waals surface area contributed by atoms with E-state index >= 15 is 0 Å². The fourth-order valence-corrected chi connectivity index (χ4v) is 2.58. The zero-order chi connectivity index (χ0) is 15.1. The van der Waals surface area contributed by atoms with Crippen LogP contribution in [0.3, 0.4) is 0 Å². The lowest BCUT2D eigenvalue weighted by Gasteiger charge is -2.34. The Kier molecular flexibility index (Phi) is 6.78. The quantitative estimate of drug-likeness (QED) is 0.686. The van der Waals surface area contributed by atoms with Gasteiger partial charge in [0.1, 0.15) is 6.04 Å². The van der Waals surface area contributed by atoms with Crippen LogP contribution in [0.15, 0.2) is 0 Å². The first-order valence-electron chi connectivity index (χ1n) is 7.38. The summed E-state index contributed by atoms with van der Waals surface area (Å²) in [4.78, 5) is 25.1. The Labute approximate surface area is 120 Å². The molecule has 0 aromatic heterocycles. The molecule has 0 radical (unpaired) electrons. The molecule has 2 amide bonds. The average Bonchev–Trinajstić information content (AvgIpc) is 2.44. The van der Waals surface area contributed by atoms with E-state index in [4.69, 9.17) is 5.11 Å². The van der Waals surface area contributed by atoms with Gasteiger partial charge in [0.15, 0.2) is 0 Å². The number of rotatable bonds is 6. The van der Waals surface area contributed by atoms with Crippen LogP contribution in [-0.2, 0) is 4.79 Å². The van der Waals surface area contributed by atoms with Crippen LogP contribution in [-0.4, -0.2) is 52.9 Å². The fourth-order valence-electron chi connectivity index (χ4n) is 2.58. The van der Waals surface area contributed by atoms with Crippen molar-refractivity contribution < 1.29 is 19.8 Å². The van der Waals surface area contributed by atoms with Gasteiger partial charge >= 0.3 is 12.0 Å². The normalized spacial score (nSPS) is 22.1. The highest BCUT2D eigenvalue weighted by Gasteiger charge is 2.29. The second-order valence-corrected chi connectivity index (χ2v) is 5.62. The number of amides is 2. The zero-order valence-corrected chi connectivity index (χ0v) is 12.3. The van der Waals surface area contributed by atoms with Gasteiger partial charge in [-0.05, 0) is 31.1 Å². The summed E-state index contributed by atoms with van der Waals surface area (Å²) in [6, 6.07) is -1.15. The molecule has 1 aliphatic rings. The Hall–Kier alpha value is -1.30. The van der Waals surface area contributed by atoms with Crippen molar-refractivity contribution >= 4 is 12.0 Å². The van der Waals surface area contributed by atoms with Crippen molar-refractivity contribution in [1.29, 1.82) is 0 Å². The predicted octanol–water partition coefficient (Wildman–Crippen LogP) is 1.29. The van der Waals surface area contributed by atoms with Crippen LogP contribution in [0.1, 0.15) is 39.5 Å². The van der Waals surface area contributed by atoms with Crippen LogP contribution in [0.2, 0.25) is 0 Å². The van der Waals surface area contributed by atoms with E-state index in [9.17, 15) is 14.7 Å². The number of hydrogen-bond donors (Lipinski definition) is 3. The van der Waals surface area contributed by atoms with Crippen LogP contribution in [0.25, 0.3) is 0 Å². The number of carboxylic acids is 1. The molecule has 2 unspecified atom stereocenters. The monoisotopic (exact) mass is 286 g/mol. The minimum atomic E-state index is -0.989. The van der Waals surface area contributed by atoms with Gasteiger partial charge in [0, 0.05) is 19.7 Å². The molecule has 3 atom stereocenters. The Morgan fingerprint density at radius 1 is 1.45 bits per heavy atom. The Balaban J connectivity index is 2.57. The largest absolute Gasteiger partial charge is 0.480 e. The first-order chi connectivity index (χ1) is 9.49. The maximum atomic E-state index is 12.2. The van der Waals surface area contributed by atoms with E-state index in [0.717, 1.165) is 12.8 Å². The van der Waals surface area contributed by atoms with Gasteiger partial charge in [-0.15, -0.1) is 0 Å². The van der Waals surface area contributed by atoms with E-state index in [0.29, 0.717) is 31.8 Å². The van der Waals surface area contributed by atoms with E-state index in [1.807, 2.05) is 13.8 Å². The molecule has 0 aromatic rings. The molecule has 0 saturated carbocycles. The number of nitrogens with one attached hydrogen (secondary N) is 1. The lowest BCUT2D eigenvalue weighted by molar-refractivity contribution is -0.140. The summed E-state index contributed by atoms with van der Waals surface area (Å²) < 4.78 is 0. The second kappa shape index (κ2) is 8.09. The first-order valence-corrected chi connectivity index (χ1v) is 7.38. The maximum absolute atomic E-state index is 12.2. The Morgan fingerprint density at radius 2 is 2.15 bits per heavy atom. The molecule has 0 bridgehead atoms. The van der Waals surface area contributed by atoms with Crippen LogP contribution in [0.4, 0.5) is 4.79 Å². The van der Waals surface area contributed by atoms with E-state index in [1.54, 1.807) is 4.90 Å². The number of urea groups is 1. The number of carboxylic acid groups (broad SMARTS) is 1. The van der Waals surface area contributed by atoms with Gasteiger partial charge in [0.25, 0.3) is 0 Å². The lowest BCUT2D eigenvalue weighted by atomic mass is 9.95. The molecule has 0 aromatic carbocycles. The first kappa shape index (κ1) is 16.8. The van der Waals surface area contributed by atoms with Crippen LogP contribution in [0.5, 0.6) is 0 Å². The van der Waals surface area contributed by atoms with Crippen molar-refractivity contribution in [3.05, 3.63) is 0 Å². The van der Waals surface area contributed by atoms with Gasteiger partial charge in [-0.2, -0.15) is 0 Å². The summed E-state index contributed by atoms with van der Waals surface area (Å²) in [6.07, 6.45) is 3.30. The minimum Gasteiger partial charge on any atom is -0.480 e. The molecule has 116 valence electrons. The van der Waals surface area contributed by atoms with Crippen molar-refractivity contribution in [2.24, 2.45) is 11.8 Å². The number of nitrogens with zero attached hydrogens (tertiary/aromatic N) is 1. The van der Waals surface area contributed by atoms with Crippen molar-refractivity contribution in [3.63, 3.8) is 0 Å². The standard InChI is InChI=1S/C14H26N2O4/c1-3-10(2)12(13(18)19)15-14(20)16-7-4-5-11(9-16)6-8-17/h10-12,17H,3-9H2,1-2H3,(H,15,20)(H,18,19)/t10?,11?,12-/m0/s1. The highest BCUT2D eigenvalue weighted by atomic mass is 16.4. The van der Waals surface area contributed by atoms with Gasteiger partial charge in [0.05, 0.1) is 0 Å². The third kappa shape index (κ3) is 4.67. The molecule has 0 aliphatic carbocycles. The number of likely N-dealkylation sites (tertiary alicyclic amines) is 1. The van der Waals surface area contributed by atoms with E-state index < -0.39 is 12.0 Å². The zero-order valence-electron chi connectivity index (χ0n) is 12.3. The number of aliphatic hydroxyl groups is 1. The van der Waals surface area contributed by atoms with Gasteiger partial charge in [-0.3, -0.25) is 0 Å². The summed E-state index contributed by atoms with van der Waals surface area (Å²) in [6.45, 7) is 5.11. The number of carbonyl (C=O) groups is 2. The summed E-state index contributed by atoms with van der Waals surface area (Å²) in [7, 11) is 0. The van der Waals surface area contributed by atoms with Crippen LogP contribution < -0.4 is 5.32 Å². The van der Waals surface area contributed by atoms with Gasteiger partial charge in [-0.1, -0.05) is 20.3 Å². The number of piperidine rings is 1. The SMILES string of the molecule is CCC(C)[C@H](NC(=O)N1CCCC(CCO)C1)C(=O)O. The highest BCUT2D eigenvalue weighted by molar-refractivity contribution is 5.82. The Morgan fingerprint density at radius 3 is 2.70 bits per heavy atom. The molecule has 1 fully saturated rings. The van der Waals surface area contributed by atoms with Gasteiger partial charge < -0.3 is 20.4 Å². The molecular formula is C14H26N2O4. The molecule has 6 heteroatoms. The van der Waals surface area contributed by atoms with Crippen molar-refractivity contribution in [2.45, 2.75) is 45.6 Å². The van der Waals surface area contributed by atoms with E-state index in [-0.39, 0.29) is 18.6 Å². The van der Waals surface area contributed by atoms with Crippen molar-refractivity contribution in [3.8, 4) is 0 Å². The van der Waals surface area contributed by atoms with Crippen LogP contribution in [0, 0.1) is 11.8 Å². The van der Waals surface area contributed by atoms with E-state index in [1.165, 1.54) is 0 Å². The van der Waals surface area contributed by atoms with Crippen LogP contribution >= 0.6 is 0 Å². The number of carbonyl (C=O) groups excluding carboxylic acids is 1. The number of hydrogen-bond acceptors (Lipinski definition) is 3. The summed E-state index contributed by atoms with van der Waals surface area (Å²) in [5.74, 6) is -0.780. The molecule has 20 heavy (non-hydrogen) atoms. The smallest absolute Gasteiger partial charge is 0.326 e. The van der Waals surface area contributed by atoms with E-state index in [2.05, 4.69) is 5.32 Å². The highest BCUT2D eigenvalue weighted by Crippen LogP contribution is 2.19.